The van der Waals surface area contributed by atoms with Crippen molar-refractivity contribution in [3.63, 3.8) is 0 Å². The highest BCUT2D eigenvalue weighted by molar-refractivity contribution is 6.06. The first-order chi connectivity index (χ1) is 14.7. The first kappa shape index (κ1) is 19.3. The zero-order chi connectivity index (χ0) is 20.9. The third-order valence-corrected chi connectivity index (χ3v) is 4.66. The quantitative estimate of drug-likeness (QED) is 0.495. The molecule has 0 saturated heterocycles. The van der Waals surface area contributed by atoms with Crippen molar-refractivity contribution in [2.75, 3.05) is 12.4 Å². The summed E-state index contributed by atoms with van der Waals surface area (Å²) in [6, 6.07) is 23.5. The van der Waals surface area contributed by atoms with Gasteiger partial charge in [-0.05, 0) is 42.5 Å². The van der Waals surface area contributed by atoms with Gasteiger partial charge in [-0.1, -0.05) is 36.4 Å². The zero-order valence-electron chi connectivity index (χ0n) is 16.3. The number of fused-ring (bicyclic) bond motifs is 1. The molecule has 6 nitrogen and oxygen atoms in total. The van der Waals surface area contributed by atoms with Gasteiger partial charge in [-0.15, -0.1) is 0 Å². The summed E-state index contributed by atoms with van der Waals surface area (Å²) < 4.78 is 11.7. The lowest BCUT2D eigenvalue weighted by atomic mass is 10.1. The molecule has 3 aromatic carbocycles. The monoisotopic (exact) mass is 400 g/mol. The van der Waals surface area contributed by atoms with Gasteiger partial charge in [0.15, 0.2) is 5.76 Å². The molecule has 6 heteroatoms. The van der Waals surface area contributed by atoms with E-state index < -0.39 is 0 Å². The van der Waals surface area contributed by atoms with Crippen LogP contribution in [0.2, 0.25) is 0 Å². The number of ether oxygens (including phenoxy) is 1. The summed E-state index contributed by atoms with van der Waals surface area (Å²) in [5.41, 5.74) is 2.36. The molecule has 1 heterocycles. The molecule has 150 valence electrons. The molecular weight excluding hydrogens is 380 g/mol. The van der Waals surface area contributed by atoms with Gasteiger partial charge in [0.05, 0.1) is 0 Å². The average Bonchev–Trinajstić information content (AvgIpc) is 3.17. The highest BCUT2D eigenvalue weighted by Gasteiger charge is 2.21. The van der Waals surface area contributed by atoms with Gasteiger partial charge in [-0.2, -0.15) is 0 Å². The lowest BCUT2D eigenvalue weighted by Crippen LogP contribution is -2.18. The summed E-state index contributed by atoms with van der Waals surface area (Å²) in [6.07, 6.45) is 0. The van der Waals surface area contributed by atoms with E-state index in [1.807, 2.05) is 54.6 Å². The number of carbonyl (C=O) groups excluding carboxylic acids is 2. The van der Waals surface area contributed by atoms with Crippen molar-refractivity contribution in [1.82, 2.24) is 5.32 Å². The van der Waals surface area contributed by atoms with E-state index in [0.29, 0.717) is 28.1 Å². The molecule has 2 N–H and O–H groups in total. The number of anilines is 1. The van der Waals surface area contributed by atoms with Crippen molar-refractivity contribution in [3.8, 4) is 5.75 Å². The van der Waals surface area contributed by atoms with E-state index in [1.54, 1.807) is 31.3 Å². The van der Waals surface area contributed by atoms with Crippen molar-refractivity contribution in [2.45, 2.75) is 6.61 Å². The Balaban J connectivity index is 1.59. The van der Waals surface area contributed by atoms with Crippen LogP contribution in [-0.2, 0) is 6.61 Å². The predicted octanol–water partition coefficient (Wildman–Crippen LogP) is 4.62. The van der Waals surface area contributed by atoms with Gasteiger partial charge in [0, 0.05) is 29.2 Å². The number of carbonyl (C=O) groups is 2. The standard InChI is InChI=1S/C24H20N2O4/c1-25-23(27)16-11-13-17(14-12-16)26-24(28)22-20(15-29-18-7-3-2-4-8-18)19-9-5-6-10-21(19)30-22/h2-14H,15H2,1H3,(H,25,27)(H,26,28). The second-order valence-electron chi connectivity index (χ2n) is 6.62. The van der Waals surface area contributed by atoms with Crippen molar-refractivity contribution >= 4 is 28.5 Å². The maximum atomic E-state index is 13.0. The molecule has 0 aliphatic rings. The van der Waals surface area contributed by atoms with Crippen LogP contribution in [0.15, 0.2) is 83.3 Å². The Bertz CT molecular complexity index is 1180. The fourth-order valence-electron chi connectivity index (χ4n) is 3.13. The smallest absolute Gasteiger partial charge is 0.291 e. The van der Waals surface area contributed by atoms with Gasteiger partial charge >= 0.3 is 0 Å². The Hall–Kier alpha value is -4.06. The van der Waals surface area contributed by atoms with Crippen LogP contribution in [0.1, 0.15) is 26.5 Å². The number of furan rings is 1. The van der Waals surface area contributed by atoms with Gasteiger partial charge in [0.2, 0.25) is 0 Å². The largest absolute Gasteiger partial charge is 0.489 e. The molecule has 0 unspecified atom stereocenters. The minimum atomic E-state index is -0.384. The van der Waals surface area contributed by atoms with E-state index in [0.717, 1.165) is 5.39 Å². The molecule has 2 amide bonds. The summed E-state index contributed by atoms with van der Waals surface area (Å²) in [6.45, 7) is 0.194. The van der Waals surface area contributed by atoms with E-state index in [1.165, 1.54) is 0 Å². The zero-order valence-corrected chi connectivity index (χ0v) is 16.3. The Morgan fingerprint density at radius 2 is 1.57 bits per heavy atom. The number of hydrogen-bond donors (Lipinski definition) is 2. The maximum absolute atomic E-state index is 13.0. The number of para-hydroxylation sites is 2. The second kappa shape index (κ2) is 8.53. The van der Waals surface area contributed by atoms with Crippen LogP contribution in [0.3, 0.4) is 0 Å². The summed E-state index contributed by atoms with van der Waals surface area (Å²) in [5.74, 6) is 0.331. The van der Waals surface area contributed by atoms with Crippen molar-refractivity contribution in [3.05, 3.63) is 95.7 Å². The van der Waals surface area contributed by atoms with E-state index in [9.17, 15) is 9.59 Å². The van der Waals surface area contributed by atoms with Gasteiger partial charge in [-0.3, -0.25) is 9.59 Å². The molecular formula is C24H20N2O4. The number of rotatable bonds is 6. The van der Waals surface area contributed by atoms with Gasteiger partial charge in [0.25, 0.3) is 11.8 Å². The van der Waals surface area contributed by atoms with E-state index >= 15 is 0 Å². The molecule has 4 aromatic rings. The normalized spacial score (nSPS) is 10.6. The van der Waals surface area contributed by atoms with Crippen molar-refractivity contribution in [1.29, 1.82) is 0 Å². The van der Waals surface area contributed by atoms with E-state index in [-0.39, 0.29) is 24.2 Å². The summed E-state index contributed by atoms with van der Waals surface area (Å²) in [5, 5.41) is 6.21. The lowest BCUT2D eigenvalue weighted by Gasteiger charge is -2.08. The third-order valence-electron chi connectivity index (χ3n) is 4.66. The molecule has 0 saturated carbocycles. The van der Waals surface area contributed by atoms with Crippen molar-refractivity contribution in [2.24, 2.45) is 0 Å². The van der Waals surface area contributed by atoms with E-state index in [2.05, 4.69) is 10.6 Å². The van der Waals surface area contributed by atoms with Gasteiger partial charge < -0.3 is 19.8 Å². The Labute approximate surface area is 173 Å². The summed E-state index contributed by atoms with van der Waals surface area (Å²) in [4.78, 5) is 24.6. The van der Waals surface area contributed by atoms with Crippen LogP contribution in [0.25, 0.3) is 11.0 Å². The number of hydrogen-bond acceptors (Lipinski definition) is 4. The molecule has 4 rings (SSSR count). The molecule has 0 atom stereocenters. The van der Waals surface area contributed by atoms with Crippen molar-refractivity contribution < 1.29 is 18.7 Å². The van der Waals surface area contributed by atoms with Gasteiger partial charge in [-0.25, -0.2) is 0 Å². The Morgan fingerprint density at radius 1 is 0.867 bits per heavy atom. The number of nitrogens with one attached hydrogen (secondary N) is 2. The SMILES string of the molecule is CNC(=O)c1ccc(NC(=O)c2oc3ccccc3c2COc2ccccc2)cc1. The highest BCUT2D eigenvalue weighted by atomic mass is 16.5. The molecule has 0 aliphatic heterocycles. The topological polar surface area (TPSA) is 80.6 Å². The first-order valence-corrected chi connectivity index (χ1v) is 9.47. The molecule has 0 radical (unpaired) electrons. The van der Waals surface area contributed by atoms with E-state index in [4.69, 9.17) is 9.15 Å². The fourth-order valence-corrected chi connectivity index (χ4v) is 3.13. The summed E-state index contributed by atoms with van der Waals surface area (Å²) >= 11 is 0. The molecule has 1 aromatic heterocycles. The van der Waals surface area contributed by atoms with Gasteiger partial charge in [0.1, 0.15) is 17.9 Å². The molecule has 0 aliphatic carbocycles. The summed E-state index contributed by atoms with van der Waals surface area (Å²) in [7, 11) is 1.57. The molecule has 0 fully saturated rings. The Morgan fingerprint density at radius 3 is 2.30 bits per heavy atom. The van der Waals surface area contributed by atoms with Crippen LogP contribution < -0.4 is 15.4 Å². The van der Waals surface area contributed by atoms with Crippen LogP contribution in [0.4, 0.5) is 5.69 Å². The van der Waals surface area contributed by atoms with Crippen LogP contribution >= 0.6 is 0 Å². The average molecular weight is 400 g/mol. The molecule has 30 heavy (non-hydrogen) atoms. The minimum Gasteiger partial charge on any atom is -0.489 e. The minimum absolute atomic E-state index is 0.189. The van der Waals surface area contributed by atoms with Crippen LogP contribution in [-0.4, -0.2) is 18.9 Å². The number of benzene rings is 3. The highest BCUT2D eigenvalue weighted by Crippen LogP contribution is 2.28. The second-order valence-corrected chi connectivity index (χ2v) is 6.62. The fraction of sp³-hybridized carbons (Fsp3) is 0.0833. The third kappa shape index (κ3) is 4.03. The van der Waals surface area contributed by atoms with Crippen LogP contribution in [0, 0.1) is 0 Å². The maximum Gasteiger partial charge on any atom is 0.291 e. The van der Waals surface area contributed by atoms with Crippen LogP contribution in [0.5, 0.6) is 5.75 Å². The molecule has 0 bridgehead atoms. The first-order valence-electron chi connectivity index (χ1n) is 9.47. The number of amides is 2. The Kier molecular flexibility index (Phi) is 5.48. The predicted molar refractivity (Wildman–Crippen MR) is 115 cm³/mol. The molecule has 0 spiro atoms. The lowest BCUT2D eigenvalue weighted by molar-refractivity contribution is 0.0962.